The minimum atomic E-state index is 0.755. The van der Waals surface area contributed by atoms with Crippen molar-refractivity contribution >= 4 is 5.82 Å². The molecule has 1 aromatic rings. The number of pyridine rings is 1. The van der Waals surface area contributed by atoms with Crippen LogP contribution in [-0.4, -0.2) is 37.8 Å². The van der Waals surface area contributed by atoms with Gasteiger partial charge in [0, 0.05) is 32.4 Å². The molecule has 1 rings (SSSR count). The van der Waals surface area contributed by atoms with Crippen molar-refractivity contribution in [2.24, 2.45) is 0 Å². The molecule has 0 spiro atoms. The number of nitrogens with one attached hydrogen (secondary N) is 1. The summed E-state index contributed by atoms with van der Waals surface area (Å²) in [4.78, 5) is 6.74. The summed E-state index contributed by atoms with van der Waals surface area (Å²) in [6.07, 6.45) is 1.95. The highest BCUT2D eigenvalue weighted by atomic mass is 16.5. The zero-order valence-corrected chi connectivity index (χ0v) is 11.8. The summed E-state index contributed by atoms with van der Waals surface area (Å²) in [5.41, 5.74) is 1.22. The van der Waals surface area contributed by atoms with Gasteiger partial charge in [-0.3, -0.25) is 0 Å². The van der Waals surface area contributed by atoms with Crippen LogP contribution >= 0.6 is 0 Å². The van der Waals surface area contributed by atoms with Crippen molar-refractivity contribution in [3.05, 3.63) is 23.9 Å². The molecule has 0 aliphatic heterocycles. The van der Waals surface area contributed by atoms with E-state index in [1.54, 1.807) is 0 Å². The third kappa shape index (κ3) is 5.02. The number of ether oxygens (including phenoxy) is 1. The van der Waals surface area contributed by atoms with E-state index >= 15 is 0 Å². The molecule has 0 atom stereocenters. The summed E-state index contributed by atoms with van der Waals surface area (Å²) in [6.45, 7) is 11.5. The lowest BCUT2D eigenvalue weighted by Gasteiger charge is -2.21. The standard InChI is InChI=1S/C14H25N3O/c1-4-15-11-13-7-8-14(16-12-13)17(5-2)9-10-18-6-3/h7-8,12,15H,4-6,9-11H2,1-3H3. The molecule has 102 valence electrons. The number of likely N-dealkylation sites (N-methyl/N-ethyl adjacent to an activating group) is 1. The molecule has 18 heavy (non-hydrogen) atoms. The van der Waals surface area contributed by atoms with Crippen molar-refractivity contribution in [3.63, 3.8) is 0 Å². The van der Waals surface area contributed by atoms with E-state index < -0.39 is 0 Å². The van der Waals surface area contributed by atoms with E-state index in [1.165, 1.54) is 5.56 Å². The molecule has 1 heterocycles. The number of aromatic nitrogens is 1. The number of anilines is 1. The van der Waals surface area contributed by atoms with Crippen LogP contribution in [0.1, 0.15) is 26.3 Å². The normalized spacial score (nSPS) is 10.6. The van der Waals surface area contributed by atoms with Gasteiger partial charge in [0.05, 0.1) is 6.61 Å². The fourth-order valence-electron chi connectivity index (χ4n) is 1.73. The fraction of sp³-hybridized carbons (Fsp3) is 0.643. The minimum Gasteiger partial charge on any atom is -0.380 e. The SMILES string of the molecule is CCNCc1ccc(N(CC)CCOCC)nc1. The first-order valence-corrected chi connectivity index (χ1v) is 6.80. The Morgan fingerprint density at radius 2 is 2.11 bits per heavy atom. The number of hydrogen-bond donors (Lipinski definition) is 1. The van der Waals surface area contributed by atoms with Gasteiger partial charge >= 0.3 is 0 Å². The van der Waals surface area contributed by atoms with Crippen LogP contribution in [-0.2, 0) is 11.3 Å². The molecule has 1 aromatic heterocycles. The van der Waals surface area contributed by atoms with E-state index in [4.69, 9.17) is 4.74 Å². The van der Waals surface area contributed by atoms with E-state index in [1.807, 2.05) is 13.1 Å². The summed E-state index contributed by atoms with van der Waals surface area (Å²) in [5.74, 6) is 1.03. The van der Waals surface area contributed by atoms with Crippen LogP contribution in [0, 0.1) is 0 Å². The summed E-state index contributed by atoms with van der Waals surface area (Å²) in [5, 5.41) is 3.30. The molecule has 0 bridgehead atoms. The van der Waals surface area contributed by atoms with Gasteiger partial charge in [0.2, 0.25) is 0 Å². The van der Waals surface area contributed by atoms with Gasteiger partial charge in [-0.1, -0.05) is 13.0 Å². The van der Waals surface area contributed by atoms with Crippen molar-refractivity contribution < 1.29 is 4.74 Å². The molecule has 0 aliphatic rings. The average molecular weight is 251 g/mol. The third-order valence-corrected chi connectivity index (χ3v) is 2.80. The highest BCUT2D eigenvalue weighted by Gasteiger charge is 2.05. The lowest BCUT2D eigenvalue weighted by atomic mass is 10.2. The molecule has 0 aliphatic carbocycles. The fourth-order valence-corrected chi connectivity index (χ4v) is 1.73. The third-order valence-electron chi connectivity index (χ3n) is 2.80. The van der Waals surface area contributed by atoms with Crippen LogP contribution in [0.3, 0.4) is 0 Å². The summed E-state index contributed by atoms with van der Waals surface area (Å²) in [7, 11) is 0. The average Bonchev–Trinajstić information content (AvgIpc) is 2.42. The maximum Gasteiger partial charge on any atom is 0.128 e. The zero-order chi connectivity index (χ0) is 13.2. The molecule has 0 amide bonds. The molecule has 0 aromatic carbocycles. The van der Waals surface area contributed by atoms with Gasteiger partial charge in [-0.05, 0) is 32.0 Å². The Kier molecular flexibility index (Phi) is 7.37. The molecule has 0 unspecified atom stereocenters. The van der Waals surface area contributed by atoms with Crippen LogP contribution < -0.4 is 10.2 Å². The number of rotatable bonds is 9. The molecule has 0 fully saturated rings. The Bertz CT molecular complexity index is 313. The van der Waals surface area contributed by atoms with Crippen molar-refractivity contribution in [2.45, 2.75) is 27.3 Å². The molecule has 1 N–H and O–H groups in total. The van der Waals surface area contributed by atoms with Crippen molar-refractivity contribution in [1.29, 1.82) is 0 Å². The van der Waals surface area contributed by atoms with Crippen LogP contribution in [0.15, 0.2) is 18.3 Å². The van der Waals surface area contributed by atoms with E-state index in [2.05, 4.69) is 41.2 Å². The van der Waals surface area contributed by atoms with Gasteiger partial charge in [-0.2, -0.15) is 0 Å². The molecular formula is C14H25N3O. The van der Waals surface area contributed by atoms with Crippen molar-refractivity contribution in [2.75, 3.05) is 37.7 Å². The Morgan fingerprint density at radius 1 is 1.28 bits per heavy atom. The summed E-state index contributed by atoms with van der Waals surface area (Å²) in [6, 6.07) is 4.22. The first-order valence-electron chi connectivity index (χ1n) is 6.80. The van der Waals surface area contributed by atoms with E-state index in [0.29, 0.717) is 0 Å². The van der Waals surface area contributed by atoms with Crippen LogP contribution in [0.5, 0.6) is 0 Å². The predicted octanol–water partition coefficient (Wildman–Crippen LogP) is 2.05. The Balaban J connectivity index is 2.52. The van der Waals surface area contributed by atoms with Crippen molar-refractivity contribution in [1.82, 2.24) is 10.3 Å². The topological polar surface area (TPSA) is 37.4 Å². The lowest BCUT2D eigenvalue weighted by molar-refractivity contribution is 0.154. The Labute approximate surface area is 110 Å². The van der Waals surface area contributed by atoms with Gasteiger partial charge in [0.25, 0.3) is 0 Å². The van der Waals surface area contributed by atoms with Gasteiger partial charge < -0.3 is 15.0 Å². The largest absolute Gasteiger partial charge is 0.380 e. The van der Waals surface area contributed by atoms with Gasteiger partial charge in [0.15, 0.2) is 0 Å². The Morgan fingerprint density at radius 3 is 2.67 bits per heavy atom. The maximum atomic E-state index is 5.38. The highest BCUT2D eigenvalue weighted by Crippen LogP contribution is 2.10. The number of nitrogens with zero attached hydrogens (tertiary/aromatic N) is 2. The van der Waals surface area contributed by atoms with Crippen molar-refractivity contribution in [3.8, 4) is 0 Å². The second kappa shape index (κ2) is 8.89. The van der Waals surface area contributed by atoms with Gasteiger partial charge in [0.1, 0.15) is 5.82 Å². The first-order chi connectivity index (χ1) is 8.81. The second-order valence-electron chi connectivity index (χ2n) is 4.08. The lowest BCUT2D eigenvalue weighted by Crippen LogP contribution is -2.28. The Hall–Kier alpha value is -1.13. The summed E-state index contributed by atoms with van der Waals surface area (Å²) >= 11 is 0. The molecule has 0 radical (unpaired) electrons. The minimum absolute atomic E-state index is 0.755. The molecular weight excluding hydrogens is 226 g/mol. The van der Waals surface area contributed by atoms with E-state index in [9.17, 15) is 0 Å². The smallest absolute Gasteiger partial charge is 0.128 e. The quantitative estimate of drug-likeness (QED) is 0.682. The van der Waals surface area contributed by atoms with E-state index in [-0.39, 0.29) is 0 Å². The highest BCUT2D eigenvalue weighted by molar-refractivity contribution is 5.39. The van der Waals surface area contributed by atoms with Crippen LogP contribution in [0.25, 0.3) is 0 Å². The van der Waals surface area contributed by atoms with Gasteiger partial charge in [-0.25, -0.2) is 4.98 Å². The first kappa shape index (κ1) is 14.9. The molecule has 0 saturated heterocycles. The molecule has 0 saturated carbocycles. The second-order valence-corrected chi connectivity index (χ2v) is 4.08. The maximum absolute atomic E-state index is 5.38. The predicted molar refractivity (Wildman–Crippen MR) is 76.0 cm³/mol. The van der Waals surface area contributed by atoms with Crippen LogP contribution in [0.4, 0.5) is 5.82 Å². The molecule has 4 heteroatoms. The summed E-state index contributed by atoms with van der Waals surface area (Å²) < 4.78 is 5.38. The number of hydrogen-bond acceptors (Lipinski definition) is 4. The van der Waals surface area contributed by atoms with E-state index in [0.717, 1.165) is 45.2 Å². The van der Waals surface area contributed by atoms with Gasteiger partial charge in [-0.15, -0.1) is 0 Å². The zero-order valence-electron chi connectivity index (χ0n) is 11.8. The molecule has 4 nitrogen and oxygen atoms in total. The monoisotopic (exact) mass is 251 g/mol. The van der Waals surface area contributed by atoms with Crippen LogP contribution in [0.2, 0.25) is 0 Å².